The van der Waals surface area contributed by atoms with Gasteiger partial charge in [-0.2, -0.15) is 0 Å². The lowest BCUT2D eigenvalue weighted by molar-refractivity contribution is -0.135. The predicted molar refractivity (Wildman–Crippen MR) is 105 cm³/mol. The maximum Gasteiger partial charge on any atom is 0.230 e. The van der Waals surface area contributed by atoms with Crippen molar-refractivity contribution in [2.24, 2.45) is 0 Å². The Bertz CT molecular complexity index is 811. The van der Waals surface area contributed by atoms with Crippen molar-refractivity contribution < 1.29 is 9.59 Å². The van der Waals surface area contributed by atoms with Gasteiger partial charge in [0.1, 0.15) is 0 Å². The summed E-state index contributed by atoms with van der Waals surface area (Å²) in [6.45, 7) is 1.45. The van der Waals surface area contributed by atoms with Crippen molar-refractivity contribution in [2.45, 2.75) is 37.1 Å². The lowest BCUT2D eigenvalue weighted by atomic mass is 9.81. The monoisotopic (exact) mass is 362 g/mol. The zero-order valence-electron chi connectivity index (χ0n) is 15.8. The van der Waals surface area contributed by atoms with E-state index in [0.717, 1.165) is 43.5 Å². The van der Waals surface area contributed by atoms with Crippen molar-refractivity contribution in [1.82, 2.24) is 9.80 Å². The highest BCUT2D eigenvalue weighted by Gasteiger charge is 2.50. The molecule has 4 nitrogen and oxygen atoms in total. The molecular formula is C23H26N2O2. The van der Waals surface area contributed by atoms with Crippen LogP contribution in [-0.2, 0) is 16.0 Å². The third-order valence-electron chi connectivity index (χ3n) is 6.37. The van der Waals surface area contributed by atoms with Crippen LogP contribution in [0.2, 0.25) is 0 Å². The Morgan fingerprint density at radius 3 is 2.22 bits per heavy atom. The van der Waals surface area contributed by atoms with E-state index in [1.165, 1.54) is 0 Å². The molecule has 140 valence electrons. The maximum absolute atomic E-state index is 12.9. The van der Waals surface area contributed by atoms with Crippen molar-refractivity contribution in [3.8, 4) is 0 Å². The summed E-state index contributed by atoms with van der Waals surface area (Å²) in [6.07, 6.45) is 3.03. The molecule has 0 aliphatic carbocycles. The van der Waals surface area contributed by atoms with E-state index in [4.69, 9.17) is 0 Å². The first-order chi connectivity index (χ1) is 13.1. The number of carbonyl (C=O) groups excluding carboxylic acids is 2. The number of likely N-dealkylation sites (N-methyl/N-ethyl adjacent to an activating group) is 1. The van der Waals surface area contributed by atoms with Crippen LogP contribution in [0.25, 0.3) is 0 Å². The highest BCUT2D eigenvalue weighted by molar-refractivity contribution is 5.87. The van der Waals surface area contributed by atoms with Crippen LogP contribution in [0.4, 0.5) is 0 Å². The summed E-state index contributed by atoms with van der Waals surface area (Å²) in [4.78, 5) is 29.5. The number of hydrogen-bond donors (Lipinski definition) is 0. The Kier molecular flexibility index (Phi) is 4.73. The van der Waals surface area contributed by atoms with Gasteiger partial charge in [0.15, 0.2) is 0 Å². The molecule has 0 unspecified atom stereocenters. The second-order valence-corrected chi connectivity index (χ2v) is 7.83. The van der Waals surface area contributed by atoms with Crippen molar-refractivity contribution in [3.63, 3.8) is 0 Å². The first-order valence-corrected chi connectivity index (χ1v) is 9.73. The molecule has 1 atom stereocenters. The van der Waals surface area contributed by atoms with Crippen LogP contribution in [-0.4, -0.2) is 47.3 Å². The third-order valence-corrected chi connectivity index (χ3v) is 6.37. The number of nitrogens with zero attached hydrogens (tertiary/aromatic N) is 2. The molecule has 2 amide bonds. The van der Waals surface area contributed by atoms with Gasteiger partial charge in [-0.3, -0.25) is 9.59 Å². The molecule has 0 bridgehead atoms. The van der Waals surface area contributed by atoms with E-state index in [-0.39, 0.29) is 23.3 Å². The van der Waals surface area contributed by atoms with Gasteiger partial charge in [0.25, 0.3) is 0 Å². The van der Waals surface area contributed by atoms with Crippen LogP contribution in [0, 0.1) is 0 Å². The summed E-state index contributed by atoms with van der Waals surface area (Å²) >= 11 is 0. The smallest absolute Gasteiger partial charge is 0.230 e. The molecule has 0 aromatic heterocycles. The highest BCUT2D eigenvalue weighted by atomic mass is 16.2. The number of likely N-dealkylation sites (tertiary alicyclic amines) is 2. The molecule has 0 saturated carbocycles. The topological polar surface area (TPSA) is 40.6 Å². The number of rotatable bonds is 3. The highest BCUT2D eigenvalue weighted by Crippen LogP contribution is 2.44. The van der Waals surface area contributed by atoms with Gasteiger partial charge in [-0.25, -0.2) is 0 Å². The fourth-order valence-corrected chi connectivity index (χ4v) is 4.61. The molecule has 4 rings (SSSR count). The predicted octanol–water partition coefficient (Wildman–Crippen LogP) is 3.24. The van der Waals surface area contributed by atoms with Crippen LogP contribution in [0.5, 0.6) is 0 Å². The normalized spacial score (nSPS) is 21.7. The summed E-state index contributed by atoms with van der Waals surface area (Å²) in [5, 5.41) is 0. The molecule has 2 aromatic carbocycles. The van der Waals surface area contributed by atoms with Gasteiger partial charge >= 0.3 is 0 Å². The van der Waals surface area contributed by atoms with Crippen LogP contribution in [0.1, 0.15) is 36.3 Å². The summed E-state index contributed by atoms with van der Waals surface area (Å²) < 4.78 is 0. The molecule has 2 aliphatic heterocycles. The minimum atomic E-state index is -0.110. The number of hydrogen-bond acceptors (Lipinski definition) is 2. The number of piperidine rings is 1. The first-order valence-electron chi connectivity index (χ1n) is 9.73. The van der Waals surface area contributed by atoms with Crippen LogP contribution >= 0.6 is 0 Å². The van der Waals surface area contributed by atoms with E-state index in [2.05, 4.69) is 0 Å². The standard InChI is InChI=1S/C23H26N2O2/c1-24-22(27)20(19-10-6-3-7-11-19)17-23(24)12-14-25(15-13-23)21(26)16-18-8-4-2-5-9-18/h2-11,20H,12-17H2,1H3/t20-/m0/s1. The number of benzene rings is 2. The summed E-state index contributed by atoms with van der Waals surface area (Å²) in [6, 6.07) is 20.0. The van der Waals surface area contributed by atoms with E-state index in [1.807, 2.05) is 77.5 Å². The minimum absolute atomic E-state index is 0.0530. The van der Waals surface area contributed by atoms with Gasteiger partial charge in [0, 0.05) is 25.7 Å². The zero-order chi connectivity index (χ0) is 18.9. The Morgan fingerprint density at radius 2 is 1.59 bits per heavy atom. The molecule has 4 heteroatoms. The molecular weight excluding hydrogens is 336 g/mol. The second kappa shape index (κ2) is 7.18. The fraction of sp³-hybridized carbons (Fsp3) is 0.391. The average Bonchev–Trinajstić information content (AvgIpc) is 2.95. The first kappa shape index (κ1) is 17.8. The molecule has 1 spiro atoms. The van der Waals surface area contributed by atoms with Gasteiger partial charge in [0.05, 0.1) is 12.3 Å². The van der Waals surface area contributed by atoms with E-state index in [1.54, 1.807) is 0 Å². The molecule has 0 radical (unpaired) electrons. The van der Waals surface area contributed by atoms with Gasteiger partial charge < -0.3 is 9.80 Å². The third kappa shape index (κ3) is 3.36. The molecule has 2 saturated heterocycles. The Labute approximate surface area is 160 Å². The van der Waals surface area contributed by atoms with Gasteiger partial charge in [-0.15, -0.1) is 0 Å². The molecule has 2 fully saturated rings. The maximum atomic E-state index is 12.9. The van der Waals surface area contributed by atoms with Crippen molar-refractivity contribution >= 4 is 11.8 Å². The van der Waals surface area contributed by atoms with E-state index < -0.39 is 0 Å². The van der Waals surface area contributed by atoms with Gasteiger partial charge in [-0.1, -0.05) is 60.7 Å². The van der Waals surface area contributed by atoms with E-state index in [0.29, 0.717) is 6.42 Å². The van der Waals surface area contributed by atoms with E-state index >= 15 is 0 Å². The molecule has 27 heavy (non-hydrogen) atoms. The zero-order valence-corrected chi connectivity index (χ0v) is 15.8. The molecule has 2 heterocycles. The van der Waals surface area contributed by atoms with E-state index in [9.17, 15) is 9.59 Å². The second-order valence-electron chi connectivity index (χ2n) is 7.83. The summed E-state index contributed by atoms with van der Waals surface area (Å²) in [5.41, 5.74) is 2.05. The Morgan fingerprint density at radius 1 is 1.00 bits per heavy atom. The largest absolute Gasteiger partial charge is 0.342 e. The average molecular weight is 362 g/mol. The fourth-order valence-electron chi connectivity index (χ4n) is 4.61. The van der Waals surface area contributed by atoms with Crippen LogP contribution < -0.4 is 0 Å². The van der Waals surface area contributed by atoms with Crippen molar-refractivity contribution in [1.29, 1.82) is 0 Å². The minimum Gasteiger partial charge on any atom is -0.342 e. The SMILES string of the molecule is CN1C(=O)[C@H](c2ccccc2)CC12CCN(C(=O)Cc1ccccc1)CC2. The summed E-state index contributed by atoms with van der Waals surface area (Å²) in [5.74, 6) is 0.343. The molecule has 0 N–H and O–H groups in total. The Hall–Kier alpha value is -2.62. The van der Waals surface area contributed by atoms with Gasteiger partial charge in [-0.05, 0) is 30.4 Å². The molecule has 2 aromatic rings. The lowest BCUT2D eigenvalue weighted by Crippen LogP contribution is -2.53. The van der Waals surface area contributed by atoms with Gasteiger partial charge in [0.2, 0.25) is 11.8 Å². The summed E-state index contributed by atoms with van der Waals surface area (Å²) in [7, 11) is 1.94. The number of carbonyl (C=O) groups is 2. The Balaban J connectivity index is 1.42. The molecule has 2 aliphatic rings. The quantitative estimate of drug-likeness (QED) is 0.841. The van der Waals surface area contributed by atoms with Crippen LogP contribution in [0.15, 0.2) is 60.7 Å². The van der Waals surface area contributed by atoms with Crippen molar-refractivity contribution in [2.75, 3.05) is 20.1 Å². The van der Waals surface area contributed by atoms with Crippen molar-refractivity contribution in [3.05, 3.63) is 71.8 Å². The number of amides is 2. The lowest BCUT2D eigenvalue weighted by Gasteiger charge is -2.43. The van der Waals surface area contributed by atoms with Crippen LogP contribution in [0.3, 0.4) is 0 Å².